The van der Waals surface area contributed by atoms with E-state index in [9.17, 15) is 9.59 Å². The van der Waals surface area contributed by atoms with Crippen LogP contribution in [0.25, 0.3) is 22.0 Å². The molecule has 1 aliphatic rings. The zero-order valence-corrected chi connectivity index (χ0v) is 18.2. The minimum Gasteiger partial charge on any atom is -0.359 e. The van der Waals surface area contributed by atoms with Crippen molar-refractivity contribution in [1.29, 1.82) is 0 Å². The summed E-state index contributed by atoms with van der Waals surface area (Å²) in [7, 11) is 1.60. The fourth-order valence-corrected chi connectivity index (χ4v) is 5.17. The summed E-state index contributed by atoms with van der Waals surface area (Å²) < 4.78 is 3.28. The Morgan fingerprint density at radius 1 is 1.23 bits per heavy atom. The molecule has 160 valence electrons. The van der Waals surface area contributed by atoms with E-state index in [0.717, 1.165) is 37.2 Å². The number of carbonyl (C=O) groups excluding carboxylic acids is 1. The number of rotatable bonds is 4. The zero-order chi connectivity index (χ0) is 21.5. The van der Waals surface area contributed by atoms with Crippen molar-refractivity contribution in [2.75, 3.05) is 20.1 Å². The maximum absolute atomic E-state index is 12.9. The van der Waals surface area contributed by atoms with Crippen LogP contribution in [0.15, 0.2) is 29.3 Å². The molecule has 1 saturated heterocycles. The first kappa shape index (κ1) is 19.8. The Bertz CT molecular complexity index is 1350. The molecule has 1 amide bonds. The van der Waals surface area contributed by atoms with Gasteiger partial charge in [-0.3, -0.25) is 14.0 Å². The van der Waals surface area contributed by atoms with Crippen LogP contribution in [0.5, 0.6) is 0 Å². The lowest BCUT2D eigenvalue weighted by molar-refractivity contribution is -0.119. The third-order valence-electron chi connectivity index (χ3n) is 5.64. The number of hydrogen-bond acceptors (Lipinski definition) is 7. The molecular formula is C21H23N7O2S. The number of amides is 1. The van der Waals surface area contributed by atoms with Gasteiger partial charge in [-0.25, -0.2) is 14.5 Å². The lowest BCUT2D eigenvalue weighted by Crippen LogP contribution is -2.26. The first-order valence-corrected chi connectivity index (χ1v) is 11.1. The molecule has 0 saturated carbocycles. The topological polar surface area (TPSA) is 106 Å². The predicted octanol–water partition coefficient (Wildman–Crippen LogP) is 1.53. The molecule has 31 heavy (non-hydrogen) atoms. The molecule has 0 spiro atoms. The largest absolute Gasteiger partial charge is 0.359 e. The Balaban J connectivity index is 1.61. The molecule has 4 aromatic rings. The van der Waals surface area contributed by atoms with Gasteiger partial charge in [0.2, 0.25) is 5.91 Å². The molecule has 5 rings (SSSR count). The van der Waals surface area contributed by atoms with Crippen molar-refractivity contribution in [3.05, 3.63) is 51.0 Å². The third kappa shape index (κ3) is 3.72. The molecule has 0 aromatic carbocycles. The number of carbonyl (C=O) groups is 1. The van der Waals surface area contributed by atoms with Crippen molar-refractivity contribution in [3.63, 3.8) is 0 Å². The minimum atomic E-state index is -0.131. The van der Waals surface area contributed by atoms with Gasteiger partial charge in [0, 0.05) is 29.8 Å². The van der Waals surface area contributed by atoms with Gasteiger partial charge in [-0.1, -0.05) is 0 Å². The molecule has 9 nitrogen and oxygen atoms in total. The lowest BCUT2D eigenvalue weighted by Gasteiger charge is -2.20. The van der Waals surface area contributed by atoms with Crippen LogP contribution in [-0.4, -0.2) is 50.0 Å². The summed E-state index contributed by atoms with van der Waals surface area (Å²) in [6, 6.07) is 3.31. The first-order valence-electron chi connectivity index (χ1n) is 10.3. The summed E-state index contributed by atoms with van der Waals surface area (Å²) in [6.07, 6.45) is 6.04. The normalized spacial score (nSPS) is 15.0. The minimum absolute atomic E-state index is 0.118. The molecule has 0 bridgehead atoms. The van der Waals surface area contributed by atoms with Gasteiger partial charge in [0.15, 0.2) is 10.6 Å². The van der Waals surface area contributed by atoms with Crippen LogP contribution in [0.4, 0.5) is 0 Å². The number of nitrogens with one attached hydrogen (secondary N) is 2. The molecule has 1 aliphatic heterocycles. The van der Waals surface area contributed by atoms with Crippen molar-refractivity contribution >= 4 is 27.9 Å². The van der Waals surface area contributed by atoms with Crippen molar-refractivity contribution in [2.24, 2.45) is 0 Å². The van der Waals surface area contributed by atoms with E-state index >= 15 is 0 Å². The smallest absolute Gasteiger partial charge is 0.259 e. The van der Waals surface area contributed by atoms with Crippen LogP contribution in [0, 0.1) is 6.92 Å². The highest BCUT2D eigenvalue weighted by molar-refractivity contribution is 7.17. The fraction of sp³-hybridized carbons (Fsp3) is 0.381. The Kier molecular flexibility index (Phi) is 5.03. The van der Waals surface area contributed by atoms with Crippen LogP contribution in [0.3, 0.4) is 0 Å². The summed E-state index contributed by atoms with van der Waals surface area (Å²) >= 11 is 1.57. The number of hydrogen-bond donors (Lipinski definition) is 2. The number of fused-ring (bicyclic) bond motifs is 2. The van der Waals surface area contributed by atoms with Crippen LogP contribution in [-0.2, 0) is 11.2 Å². The summed E-state index contributed by atoms with van der Waals surface area (Å²) in [4.78, 5) is 36.0. The molecule has 2 N–H and O–H groups in total. The quantitative estimate of drug-likeness (QED) is 0.502. The number of piperidine rings is 1. The Hall–Kier alpha value is -3.11. The Morgan fingerprint density at radius 3 is 2.81 bits per heavy atom. The molecule has 5 heterocycles. The van der Waals surface area contributed by atoms with Gasteiger partial charge in [-0.05, 0) is 44.8 Å². The Morgan fingerprint density at radius 2 is 2.03 bits per heavy atom. The van der Waals surface area contributed by atoms with E-state index in [1.165, 1.54) is 10.9 Å². The molecule has 10 heteroatoms. The monoisotopic (exact) mass is 437 g/mol. The van der Waals surface area contributed by atoms with Crippen LogP contribution < -0.4 is 16.2 Å². The zero-order valence-electron chi connectivity index (χ0n) is 17.4. The van der Waals surface area contributed by atoms with Gasteiger partial charge in [-0.2, -0.15) is 5.10 Å². The number of likely N-dealkylation sites (N-methyl/N-ethyl adjacent to an activating group) is 1. The summed E-state index contributed by atoms with van der Waals surface area (Å²) in [5.74, 6) is 0.339. The average Bonchev–Trinajstić information content (AvgIpc) is 3.37. The second-order valence-corrected chi connectivity index (χ2v) is 8.89. The maximum atomic E-state index is 12.9. The van der Waals surface area contributed by atoms with Crippen LogP contribution in [0.1, 0.15) is 34.9 Å². The summed E-state index contributed by atoms with van der Waals surface area (Å²) in [6.45, 7) is 3.87. The summed E-state index contributed by atoms with van der Waals surface area (Å²) in [5.41, 5.74) is 3.08. The van der Waals surface area contributed by atoms with Gasteiger partial charge < -0.3 is 10.6 Å². The van der Waals surface area contributed by atoms with Crippen LogP contribution >= 0.6 is 11.3 Å². The number of aromatic nitrogens is 5. The van der Waals surface area contributed by atoms with Gasteiger partial charge in [0.25, 0.3) is 5.56 Å². The first-order chi connectivity index (χ1) is 15.0. The molecule has 0 aliphatic carbocycles. The van der Waals surface area contributed by atoms with Gasteiger partial charge >= 0.3 is 0 Å². The predicted molar refractivity (Wildman–Crippen MR) is 119 cm³/mol. The van der Waals surface area contributed by atoms with Crippen molar-refractivity contribution < 1.29 is 4.79 Å². The van der Waals surface area contributed by atoms with E-state index in [-0.39, 0.29) is 17.9 Å². The maximum Gasteiger partial charge on any atom is 0.259 e. The highest BCUT2D eigenvalue weighted by Gasteiger charge is 2.20. The van der Waals surface area contributed by atoms with E-state index in [0.29, 0.717) is 27.9 Å². The summed E-state index contributed by atoms with van der Waals surface area (Å²) in [5, 5.41) is 10.6. The highest BCUT2D eigenvalue weighted by Crippen LogP contribution is 2.31. The Labute approximate surface area is 182 Å². The lowest BCUT2D eigenvalue weighted by atomic mass is 9.97. The number of thiazole rings is 1. The fourth-order valence-electron chi connectivity index (χ4n) is 4.02. The average molecular weight is 438 g/mol. The number of aryl methyl sites for hydroxylation is 1. The molecule has 1 fully saturated rings. The second kappa shape index (κ2) is 7.86. The molecule has 4 aromatic heterocycles. The molecule has 0 unspecified atom stereocenters. The molecule has 0 atom stereocenters. The standard InChI is InChI=1S/C21H23N7O2S/c1-12-10-28-20(24-12)14(8-18(29)22-2)7-16(26-28)15-9-19(30)27-11-17(31-21(27)25-15)13-3-5-23-6-4-13/h7,9-11,13,23H,3-6,8H2,1-2H3,(H,22,29). The second-order valence-electron chi connectivity index (χ2n) is 7.85. The van der Waals surface area contributed by atoms with E-state index in [1.807, 2.05) is 13.1 Å². The molecular weight excluding hydrogens is 414 g/mol. The van der Waals surface area contributed by atoms with E-state index in [4.69, 9.17) is 4.98 Å². The van der Waals surface area contributed by atoms with Crippen LogP contribution in [0.2, 0.25) is 0 Å². The molecule has 0 radical (unpaired) electrons. The van der Waals surface area contributed by atoms with E-state index in [1.54, 1.807) is 39.6 Å². The van der Waals surface area contributed by atoms with Crippen molar-refractivity contribution in [3.8, 4) is 11.4 Å². The third-order valence-corrected chi connectivity index (χ3v) is 6.79. The van der Waals surface area contributed by atoms with E-state index < -0.39 is 0 Å². The SMILES string of the molecule is CNC(=O)Cc1cc(-c2cc(=O)n3cc(C4CCNCC4)sc3n2)nn2cc(C)nc12. The van der Waals surface area contributed by atoms with Gasteiger partial charge in [0.1, 0.15) is 5.69 Å². The number of nitrogens with zero attached hydrogens (tertiary/aromatic N) is 5. The highest BCUT2D eigenvalue weighted by atomic mass is 32.1. The van der Waals surface area contributed by atoms with E-state index in [2.05, 4.69) is 20.7 Å². The van der Waals surface area contributed by atoms with Gasteiger partial charge in [0.05, 0.1) is 24.0 Å². The van der Waals surface area contributed by atoms with Gasteiger partial charge in [-0.15, -0.1) is 11.3 Å². The van der Waals surface area contributed by atoms with Crippen molar-refractivity contribution in [2.45, 2.75) is 32.1 Å². The number of imidazole rings is 1. The van der Waals surface area contributed by atoms with Crippen molar-refractivity contribution in [1.82, 2.24) is 34.6 Å².